The molecule has 2 heterocycles. The Labute approximate surface area is 210 Å². The van der Waals surface area contributed by atoms with Gasteiger partial charge in [0.2, 0.25) is 0 Å². The number of ketones is 2. The van der Waals surface area contributed by atoms with Crippen LogP contribution in [0.25, 0.3) is 5.69 Å². The van der Waals surface area contributed by atoms with Gasteiger partial charge in [-0.25, -0.2) is 4.98 Å². The van der Waals surface area contributed by atoms with E-state index in [-0.39, 0.29) is 11.2 Å². The predicted molar refractivity (Wildman–Crippen MR) is 140 cm³/mol. The predicted octanol–water partition coefficient (Wildman–Crippen LogP) is 6.00. The van der Waals surface area contributed by atoms with Crippen LogP contribution in [0.4, 0.5) is 11.5 Å². The number of carbonyl (C=O) groups is 2. The summed E-state index contributed by atoms with van der Waals surface area (Å²) in [5, 5.41) is 14.1. The van der Waals surface area contributed by atoms with Gasteiger partial charge in [0.05, 0.1) is 5.69 Å². The Morgan fingerprint density at radius 3 is 2.50 bits per heavy atom. The van der Waals surface area contributed by atoms with E-state index in [2.05, 4.69) is 28.7 Å². The first-order valence-corrected chi connectivity index (χ1v) is 12.1. The van der Waals surface area contributed by atoms with Crippen molar-refractivity contribution in [1.29, 1.82) is 0 Å². The van der Waals surface area contributed by atoms with Crippen molar-refractivity contribution in [3.8, 4) is 5.69 Å². The van der Waals surface area contributed by atoms with Crippen LogP contribution in [0, 0.1) is 12.3 Å². The standard InChI is InChI=1S/C30H29N3O3/c1-19-15-23-25(17-30(2,3)18-26(23)34)33(19)21-12-13-22(24(16-21)32-27-11-7-8-14-31-27)29(36)28(35)20-9-5-4-6-10-20/h4-16,28,35H,17-18H2,1-3H3,(H,31,32). The van der Waals surface area contributed by atoms with Crippen molar-refractivity contribution < 1.29 is 14.7 Å². The van der Waals surface area contributed by atoms with E-state index < -0.39 is 11.9 Å². The third-order valence-electron chi connectivity index (χ3n) is 6.69. The minimum absolute atomic E-state index is 0.128. The molecule has 0 saturated heterocycles. The first-order chi connectivity index (χ1) is 17.2. The van der Waals surface area contributed by atoms with E-state index in [1.807, 2.05) is 49.4 Å². The van der Waals surface area contributed by atoms with Crippen molar-refractivity contribution in [2.75, 3.05) is 5.32 Å². The number of anilines is 2. The highest BCUT2D eigenvalue weighted by Crippen LogP contribution is 2.38. The molecule has 36 heavy (non-hydrogen) atoms. The third-order valence-corrected chi connectivity index (χ3v) is 6.69. The first-order valence-electron chi connectivity index (χ1n) is 12.1. The van der Waals surface area contributed by atoms with Gasteiger partial charge in [-0.15, -0.1) is 0 Å². The summed E-state index contributed by atoms with van der Waals surface area (Å²) < 4.78 is 2.10. The number of hydrogen-bond donors (Lipinski definition) is 2. The molecule has 182 valence electrons. The lowest BCUT2D eigenvalue weighted by Crippen LogP contribution is -2.27. The van der Waals surface area contributed by atoms with Gasteiger partial charge in [0.15, 0.2) is 11.6 Å². The molecule has 0 bridgehead atoms. The molecule has 0 radical (unpaired) electrons. The molecule has 1 atom stereocenters. The highest BCUT2D eigenvalue weighted by Gasteiger charge is 2.34. The number of aliphatic hydroxyl groups excluding tert-OH is 1. The fourth-order valence-electron chi connectivity index (χ4n) is 5.01. The Morgan fingerprint density at radius 2 is 1.78 bits per heavy atom. The average molecular weight is 480 g/mol. The molecule has 6 nitrogen and oxygen atoms in total. The van der Waals surface area contributed by atoms with Gasteiger partial charge in [0.1, 0.15) is 11.9 Å². The van der Waals surface area contributed by atoms with E-state index in [0.717, 1.165) is 29.1 Å². The van der Waals surface area contributed by atoms with E-state index >= 15 is 0 Å². The lowest BCUT2D eigenvalue weighted by Gasteiger charge is -2.30. The number of hydrogen-bond acceptors (Lipinski definition) is 5. The van der Waals surface area contributed by atoms with Crippen LogP contribution in [0.1, 0.15) is 64.0 Å². The van der Waals surface area contributed by atoms with Crippen molar-refractivity contribution in [3.05, 3.63) is 107 Å². The lowest BCUT2D eigenvalue weighted by atomic mass is 9.76. The molecule has 6 heteroatoms. The van der Waals surface area contributed by atoms with Gasteiger partial charge in [-0.2, -0.15) is 0 Å². The van der Waals surface area contributed by atoms with Gasteiger partial charge in [-0.05, 0) is 60.7 Å². The average Bonchev–Trinajstić information content (AvgIpc) is 3.19. The Kier molecular flexibility index (Phi) is 6.06. The summed E-state index contributed by atoms with van der Waals surface area (Å²) in [5.74, 6) is 0.335. The molecule has 0 saturated carbocycles. The maximum atomic E-state index is 13.4. The topological polar surface area (TPSA) is 84.2 Å². The Bertz CT molecular complexity index is 1440. The molecule has 2 N–H and O–H groups in total. The van der Waals surface area contributed by atoms with Crippen molar-refractivity contribution in [3.63, 3.8) is 0 Å². The summed E-state index contributed by atoms with van der Waals surface area (Å²) >= 11 is 0. The number of carbonyl (C=O) groups excluding carboxylic acids is 2. The van der Waals surface area contributed by atoms with Crippen LogP contribution in [0.2, 0.25) is 0 Å². The maximum absolute atomic E-state index is 13.4. The summed E-state index contributed by atoms with van der Waals surface area (Å²) in [7, 11) is 0. The van der Waals surface area contributed by atoms with Crippen LogP contribution in [-0.4, -0.2) is 26.2 Å². The molecule has 4 aromatic rings. The zero-order chi connectivity index (χ0) is 25.4. The number of rotatable bonds is 6. The molecule has 0 amide bonds. The van der Waals surface area contributed by atoms with E-state index in [1.54, 1.807) is 36.5 Å². The molecule has 1 aliphatic rings. The van der Waals surface area contributed by atoms with Crippen LogP contribution in [-0.2, 0) is 6.42 Å². The minimum Gasteiger partial charge on any atom is -0.380 e. The van der Waals surface area contributed by atoms with E-state index in [9.17, 15) is 14.7 Å². The molecule has 2 aromatic carbocycles. The van der Waals surface area contributed by atoms with Crippen molar-refractivity contribution in [2.24, 2.45) is 5.41 Å². The van der Waals surface area contributed by atoms with Gasteiger partial charge in [-0.1, -0.05) is 50.2 Å². The maximum Gasteiger partial charge on any atom is 0.197 e. The molecule has 0 aliphatic heterocycles. The number of pyridine rings is 1. The summed E-state index contributed by atoms with van der Waals surface area (Å²) in [6.07, 6.45) is 1.69. The fourth-order valence-corrected chi connectivity index (χ4v) is 5.01. The normalized spacial score (nSPS) is 15.3. The van der Waals surface area contributed by atoms with Gasteiger partial charge in [-0.3, -0.25) is 9.59 Å². The summed E-state index contributed by atoms with van der Waals surface area (Å²) in [6, 6.07) is 21.8. The van der Waals surface area contributed by atoms with Crippen LogP contribution in [0.5, 0.6) is 0 Å². The second-order valence-corrected chi connectivity index (χ2v) is 10.2. The van der Waals surface area contributed by atoms with Gasteiger partial charge >= 0.3 is 0 Å². The Balaban J connectivity index is 1.61. The number of fused-ring (bicyclic) bond motifs is 1. The van der Waals surface area contributed by atoms with Crippen molar-refractivity contribution in [2.45, 2.75) is 39.7 Å². The number of aryl methyl sites for hydroxylation is 1. The molecule has 5 rings (SSSR count). The number of aromatic nitrogens is 2. The minimum atomic E-state index is -1.29. The smallest absolute Gasteiger partial charge is 0.197 e. The van der Waals surface area contributed by atoms with Gasteiger partial charge in [0, 0.05) is 40.8 Å². The van der Waals surface area contributed by atoms with Crippen LogP contribution < -0.4 is 5.32 Å². The van der Waals surface area contributed by atoms with Crippen LogP contribution in [0.3, 0.4) is 0 Å². The molecule has 0 spiro atoms. The number of nitrogens with one attached hydrogen (secondary N) is 1. The number of Topliss-reactive ketones (excluding diaryl/α,β-unsaturated/α-hetero) is 2. The number of nitrogens with zero attached hydrogens (tertiary/aromatic N) is 2. The second-order valence-electron chi connectivity index (χ2n) is 10.2. The fraction of sp³-hybridized carbons (Fsp3) is 0.233. The zero-order valence-corrected chi connectivity index (χ0v) is 20.7. The number of aliphatic hydroxyl groups is 1. The highest BCUT2D eigenvalue weighted by molar-refractivity contribution is 6.05. The van der Waals surface area contributed by atoms with Crippen molar-refractivity contribution >= 4 is 23.1 Å². The zero-order valence-electron chi connectivity index (χ0n) is 20.7. The van der Waals surface area contributed by atoms with E-state index in [4.69, 9.17) is 0 Å². The Hall–Kier alpha value is -4.03. The molecule has 0 fully saturated rings. The second kappa shape index (κ2) is 9.21. The number of benzene rings is 2. The third kappa shape index (κ3) is 4.48. The largest absolute Gasteiger partial charge is 0.380 e. The molecular weight excluding hydrogens is 450 g/mol. The first kappa shape index (κ1) is 23.7. The SMILES string of the molecule is Cc1cc2c(n1-c1ccc(C(=O)C(O)c3ccccc3)c(Nc3ccccn3)c1)CC(C)(C)CC2=O. The monoisotopic (exact) mass is 479 g/mol. The van der Waals surface area contributed by atoms with Gasteiger partial charge in [0.25, 0.3) is 0 Å². The summed E-state index contributed by atoms with van der Waals surface area (Å²) in [6.45, 7) is 6.21. The van der Waals surface area contributed by atoms with Gasteiger partial charge < -0.3 is 15.0 Å². The van der Waals surface area contributed by atoms with E-state index in [0.29, 0.717) is 29.1 Å². The summed E-state index contributed by atoms with van der Waals surface area (Å²) in [5.41, 5.74) is 4.85. The molecule has 1 aliphatic carbocycles. The molecule has 1 unspecified atom stereocenters. The molecular formula is C30H29N3O3. The van der Waals surface area contributed by atoms with Crippen molar-refractivity contribution in [1.82, 2.24) is 9.55 Å². The summed E-state index contributed by atoms with van der Waals surface area (Å²) in [4.78, 5) is 30.6. The van der Waals surface area contributed by atoms with Crippen LogP contribution in [0.15, 0.2) is 79.0 Å². The highest BCUT2D eigenvalue weighted by atomic mass is 16.3. The van der Waals surface area contributed by atoms with Crippen LogP contribution >= 0.6 is 0 Å². The quantitative estimate of drug-likeness (QED) is 0.332. The molecule has 2 aromatic heterocycles. The Morgan fingerprint density at radius 1 is 1.03 bits per heavy atom. The lowest BCUT2D eigenvalue weighted by molar-refractivity contribution is 0.0748. The van der Waals surface area contributed by atoms with E-state index in [1.165, 1.54) is 0 Å².